The molecule has 1 saturated heterocycles. The van der Waals surface area contributed by atoms with Crippen LogP contribution in [-0.4, -0.2) is 37.4 Å². The van der Waals surface area contributed by atoms with Gasteiger partial charge in [0, 0.05) is 10.1 Å². The molecule has 96 valence electrons. The van der Waals surface area contributed by atoms with E-state index in [0.29, 0.717) is 12.2 Å². The van der Waals surface area contributed by atoms with Gasteiger partial charge in [0.05, 0.1) is 20.6 Å². The van der Waals surface area contributed by atoms with Crippen molar-refractivity contribution in [2.24, 2.45) is 0 Å². The maximum atomic E-state index is 11.6. The molecular weight excluding hydrogens is 220 g/mol. The standard InChI is InChI=1S/C11H20N4O2/c1-13(2)15-10(11(16)17-12-15)9-14-7-5-3-4-6-8-14/h3-9H2,1-2H3/p+1. The Labute approximate surface area is 101 Å². The van der Waals surface area contributed by atoms with Crippen molar-refractivity contribution in [2.75, 3.05) is 32.2 Å². The molecule has 0 aliphatic carbocycles. The van der Waals surface area contributed by atoms with Crippen molar-refractivity contribution in [3.05, 3.63) is 16.1 Å². The number of nitrogens with zero attached hydrogens (tertiary/aromatic N) is 3. The topological polar surface area (TPSA) is 56.4 Å². The highest BCUT2D eigenvalue weighted by molar-refractivity contribution is 4.84. The third-order valence-electron chi connectivity index (χ3n) is 3.19. The lowest BCUT2D eigenvalue weighted by molar-refractivity contribution is -0.760. The van der Waals surface area contributed by atoms with Gasteiger partial charge in [-0.05, 0) is 25.9 Å². The molecule has 1 aliphatic rings. The number of nitrogens with one attached hydrogen (secondary N) is 1. The van der Waals surface area contributed by atoms with Crippen LogP contribution in [0.25, 0.3) is 0 Å². The molecule has 17 heavy (non-hydrogen) atoms. The summed E-state index contributed by atoms with van der Waals surface area (Å²) in [5, 5.41) is 4.41. The fourth-order valence-corrected chi connectivity index (χ4v) is 2.25. The smallest absolute Gasteiger partial charge is 0.293 e. The van der Waals surface area contributed by atoms with E-state index in [-0.39, 0.29) is 5.63 Å². The van der Waals surface area contributed by atoms with E-state index in [1.54, 1.807) is 9.80 Å². The average Bonchev–Trinajstić information content (AvgIpc) is 2.52. The SMILES string of the molecule is CN(C)[n+]1[nH]oc(=O)c1CN1CCCCCC1. The molecule has 0 radical (unpaired) electrons. The lowest BCUT2D eigenvalue weighted by Gasteiger charge is -2.16. The molecule has 1 fully saturated rings. The first kappa shape index (κ1) is 12.2. The Bertz CT molecular complexity index is 402. The zero-order valence-electron chi connectivity index (χ0n) is 10.6. The van der Waals surface area contributed by atoms with E-state index < -0.39 is 0 Å². The molecule has 1 aliphatic heterocycles. The molecule has 6 heteroatoms. The van der Waals surface area contributed by atoms with Crippen molar-refractivity contribution < 1.29 is 9.31 Å². The van der Waals surface area contributed by atoms with E-state index in [0.717, 1.165) is 13.1 Å². The van der Waals surface area contributed by atoms with Crippen LogP contribution in [0.15, 0.2) is 9.32 Å². The van der Waals surface area contributed by atoms with Crippen LogP contribution in [0.5, 0.6) is 0 Å². The normalized spacial score (nSPS) is 18.0. The summed E-state index contributed by atoms with van der Waals surface area (Å²) in [4.78, 5) is 15.6. The van der Waals surface area contributed by atoms with Crippen LogP contribution in [0.1, 0.15) is 31.4 Å². The predicted octanol–water partition coefficient (Wildman–Crippen LogP) is -0.171. The molecule has 0 unspecified atom stereocenters. The number of aromatic nitrogens is 2. The maximum absolute atomic E-state index is 11.6. The van der Waals surface area contributed by atoms with Crippen molar-refractivity contribution in [3.63, 3.8) is 0 Å². The summed E-state index contributed by atoms with van der Waals surface area (Å²) < 4.78 is 4.84. The van der Waals surface area contributed by atoms with Gasteiger partial charge in [-0.2, -0.15) is 5.01 Å². The maximum Gasteiger partial charge on any atom is 0.434 e. The van der Waals surface area contributed by atoms with Crippen molar-refractivity contribution in [3.8, 4) is 0 Å². The van der Waals surface area contributed by atoms with E-state index in [1.807, 2.05) is 14.1 Å². The fourth-order valence-electron chi connectivity index (χ4n) is 2.25. The van der Waals surface area contributed by atoms with Gasteiger partial charge in [0.2, 0.25) is 0 Å². The van der Waals surface area contributed by atoms with E-state index >= 15 is 0 Å². The monoisotopic (exact) mass is 241 g/mol. The van der Waals surface area contributed by atoms with Gasteiger partial charge in [0.15, 0.2) is 0 Å². The van der Waals surface area contributed by atoms with Gasteiger partial charge in [-0.25, -0.2) is 4.79 Å². The molecule has 2 rings (SSSR count). The molecule has 2 heterocycles. The van der Waals surface area contributed by atoms with Gasteiger partial charge >= 0.3 is 11.3 Å². The number of H-pyrrole nitrogens is 1. The summed E-state index contributed by atoms with van der Waals surface area (Å²) in [7, 11) is 3.74. The number of hydrogen-bond donors (Lipinski definition) is 1. The van der Waals surface area contributed by atoms with Crippen LogP contribution < -0.4 is 15.4 Å². The molecule has 0 amide bonds. The van der Waals surface area contributed by atoms with Crippen LogP contribution in [0.2, 0.25) is 0 Å². The zero-order valence-corrected chi connectivity index (χ0v) is 10.6. The Balaban J connectivity index is 2.11. The summed E-state index contributed by atoms with van der Waals surface area (Å²) in [6, 6.07) is 0. The quantitative estimate of drug-likeness (QED) is 0.746. The zero-order chi connectivity index (χ0) is 12.3. The van der Waals surface area contributed by atoms with Crippen molar-refractivity contribution in [1.82, 2.24) is 10.2 Å². The van der Waals surface area contributed by atoms with E-state index in [1.165, 1.54) is 25.7 Å². The molecule has 6 nitrogen and oxygen atoms in total. The lowest BCUT2D eigenvalue weighted by atomic mass is 10.2. The summed E-state index contributed by atoms with van der Waals surface area (Å²) in [6.07, 6.45) is 5.04. The largest absolute Gasteiger partial charge is 0.434 e. The summed E-state index contributed by atoms with van der Waals surface area (Å²) in [5.41, 5.74) is 0.389. The number of rotatable bonds is 3. The summed E-state index contributed by atoms with van der Waals surface area (Å²) in [6.45, 7) is 2.79. The minimum absolute atomic E-state index is 0.275. The molecule has 0 aromatic carbocycles. The van der Waals surface area contributed by atoms with Crippen LogP contribution >= 0.6 is 0 Å². The van der Waals surface area contributed by atoms with Gasteiger partial charge in [0.1, 0.15) is 0 Å². The van der Waals surface area contributed by atoms with Gasteiger partial charge in [0.25, 0.3) is 0 Å². The first-order valence-corrected chi connectivity index (χ1v) is 6.21. The molecule has 1 aromatic rings. The van der Waals surface area contributed by atoms with Crippen LogP contribution in [0, 0.1) is 0 Å². The Kier molecular flexibility index (Phi) is 3.83. The van der Waals surface area contributed by atoms with Gasteiger partial charge in [-0.15, -0.1) is 0 Å². The van der Waals surface area contributed by atoms with Gasteiger partial charge < -0.3 is 0 Å². The highest BCUT2D eigenvalue weighted by Crippen LogP contribution is 2.10. The van der Waals surface area contributed by atoms with Crippen molar-refractivity contribution in [2.45, 2.75) is 32.2 Å². The highest BCUT2D eigenvalue weighted by atomic mass is 16.5. The minimum Gasteiger partial charge on any atom is -0.293 e. The second kappa shape index (κ2) is 5.35. The van der Waals surface area contributed by atoms with Gasteiger partial charge in [-0.3, -0.25) is 9.42 Å². The second-order valence-corrected chi connectivity index (χ2v) is 4.78. The second-order valence-electron chi connectivity index (χ2n) is 4.78. The average molecular weight is 241 g/mol. The fraction of sp³-hybridized carbons (Fsp3) is 0.818. The Morgan fingerprint density at radius 3 is 2.53 bits per heavy atom. The lowest BCUT2D eigenvalue weighted by Crippen LogP contribution is -2.58. The Hall–Kier alpha value is -1.30. The van der Waals surface area contributed by atoms with E-state index in [9.17, 15) is 4.79 Å². The number of likely N-dealkylation sites (tertiary alicyclic amines) is 1. The predicted molar refractivity (Wildman–Crippen MR) is 63.3 cm³/mol. The van der Waals surface area contributed by atoms with Gasteiger partial charge in [-0.1, -0.05) is 12.8 Å². The number of hydrogen-bond acceptors (Lipinski definition) is 4. The molecule has 0 atom stereocenters. The van der Waals surface area contributed by atoms with Crippen molar-refractivity contribution in [1.29, 1.82) is 0 Å². The third kappa shape index (κ3) is 2.88. The first-order valence-electron chi connectivity index (χ1n) is 6.21. The molecule has 0 spiro atoms. The Morgan fingerprint density at radius 1 is 1.29 bits per heavy atom. The molecule has 1 aromatic heterocycles. The molecule has 0 bridgehead atoms. The first-order chi connectivity index (χ1) is 8.18. The number of aromatic amines is 1. The van der Waals surface area contributed by atoms with Crippen LogP contribution in [0.3, 0.4) is 0 Å². The van der Waals surface area contributed by atoms with Crippen LogP contribution in [-0.2, 0) is 6.54 Å². The molecular formula is C11H21N4O2+. The van der Waals surface area contributed by atoms with E-state index in [2.05, 4.69) is 10.2 Å². The van der Waals surface area contributed by atoms with Crippen LogP contribution in [0.4, 0.5) is 0 Å². The Morgan fingerprint density at radius 2 is 1.94 bits per heavy atom. The molecule has 0 saturated carbocycles. The minimum atomic E-state index is -0.275. The third-order valence-corrected chi connectivity index (χ3v) is 3.19. The summed E-state index contributed by atoms with van der Waals surface area (Å²) >= 11 is 0. The van der Waals surface area contributed by atoms with Crippen molar-refractivity contribution >= 4 is 0 Å². The highest BCUT2D eigenvalue weighted by Gasteiger charge is 2.26. The summed E-state index contributed by atoms with van der Waals surface area (Å²) in [5.74, 6) is 0. The molecule has 1 N–H and O–H groups in total. The van der Waals surface area contributed by atoms with E-state index in [4.69, 9.17) is 4.52 Å².